The number of methoxy groups -OCH3 is 1. The second kappa shape index (κ2) is 12.0. The largest absolute Gasteiger partial charge is 0.492 e. The molecule has 0 saturated carbocycles. The molecule has 0 bridgehead atoms. The van der Waals surface area contributed by atoms with Crippen LogP contribution in [0.1, 0.15) is 35.7 Å². The fraction of sp³-hybridized carbons (Fsp3) is 0.375. The van der Waals surface area contributed by atoms with Gasteiger partial charge in [-0.05, 0) is 37.4 Å². The van der Waals surface area contributed by atoms with Crippen LogP contribution >= 0.6 is 0 Å². The monoisotopic (exact) mass is 438 g/mol. The Bertz CT molecular complexity index is 1000. The SMILES string of the molecule is CCN(CC)CCOc1ccccc1CNC(=O)c1cccc(-c2nnc(COC)o2)c1. The Labute approximate surface area is 188 Å². The summed E-state index contributed by atoms with van der Waals surface area (Å²) in [5, 5.41) is 10.9. The minimum absolute atomic E-state index is 0.193. The number of amides is 1. The Morgan fingerprint density at radius 2 is 1.91 bits per heavy atom. The average Bonchev–Trinajstić information content (AvgIpc) is 3.30. The first kappa shape index (κ1) is 23.4. The first-order valence-electron chi connectivity index (χ1n) is 10.8. The maximum absolute atomic E-state index is 12.8. The molecular formula is C24H30N4O4. The number of hydrogen-bond acceptors (Lipinski definition) is 7. The van der Waals surface area contributed by atoms with Crippen molar-refractivity contribution in [3.8, 4) is 17.2 Å². The molecule has 1 amide bonds. The smallest absolute Gasteiger partial charge is 0.251 e. The molecule has 32 heavy (non-hydrogen) atoms. The number of aromatic nitrogens is 2. The van der Waals surface area contributed by atoms with Crippen molar-refractivity contribution < 1.29 is 18.7 Å². The fourth-order valence-electron chi connectivity index (χ4n) is 3.24. The molecule has 0 fully saturated rings. The number of nitrogens with one attached hydrogen (secondary N) is 1. The van der Waals surface area contributed by atoms with Gasteiger partial charge in [0.05, 0.1) is 0 Å². The van der Waals surface area contributed by atoms with Gasteiger partial charge in [-0.2, -0.15) is 0 Å². The number of hydrogen-bond donors (Lipinski definition) is 1. The van der Waals surface area contributed by atoms with Crippen molar-refractivity contribution >= 4 is 5.91 Å². The summed E-state index contributed by atoms with van der Waals surface area (Å²) in [6, 6.07) is 14.8. The third-order valence-electron chi connectivity index (χ3n) is 5.08. The van der Waals surface area contributed by atoms with Gasteiger partial charge in [-0.25, -0.2) is 0 Å². The molecule has 1 heterocycles. The van der Waals surface area contributed by atoms with Crippen LogP contribution in [0.15, 0.2) is 52.9 Å². The number of nitrogens with zero attached hydrogens (tertiary/aromatic N) is 3. The highest BCUT2D eigenvalue weighted by molar-refractivity contribution is 5.95. The topological polar surface area (TPSA) is 89.7 Å². The number of carbonyl (C=O) groups excluding carboxylic acids is 1. The Hall–Kier alpha value is -3.23. The minimum Gasteiger partial charge on any atom is -0.492 e. The first-order chi connectivity index (χ1) is 15.6. The van der Waals surface area contributed by atoms with E-state index in [4.69, 9.17) is 13.9 Å². The molecule has 1 aromatic heterocycles. The molecule has 2 aromatic carbocycles. The van der Waals surface area contributed by atoms with Crippen molar-refractivity contribution in [1.82, 2.24) is 20.4 Å². The molecule has 170 valence electrons. The van der Waals surface area contributed by atoms with E-state index >= 15 is 0 Å². The molecule has 0 aliphatic heterocycles. The summed E-state index contributed by atoms with van der Waals surface area (Å²) >= 11 is 0. The third-order valence-corrected chi connectivity index (χ3v) is 5.08. The molecule has 8 heteroatoms. The Balaban J connectivity index is 1.61. The normalized spacial score (nSPS) is 11.0. The van der Waals surface area contributed by atoms with Gasteiger partial charge >= 0.3 is 0 Å². The lowest BCUT2D eigenvalue weighted by Gasteiger charge is -2.19. The highest BCUT2D eigenvalue weighted by atomic mass is 16.5. The van der Waals surface area contributed by atoms with E-state index in [1.54, 1.807) is 25.3 Å². The van der Waals surface area contributed by atoms with Gasteiger partial charge in [-0.3, -0.25) is 4.79 Å². The van der Waals surface area contributed by atoms with E-state index in [1.807, 2.05) is 30.3 Å². The Kier molecular flexibility index (Phi) is 8.77. The molecule has 0 atom stereocenters. The molecule has 0 spiro atoms. The van der Waals surface area contributed by atoms with E-state index in [0.717, 1.165) is 30.9 Å². The Morgan fingerprint density at radius 1 is 1.09 bits per heavy atom. The van der Waals surface area contributed by atoms with Crippen LogP contribution in [0.25, 0.3) is 11.5 Å². The standard InChI is InChI=1S/C24H30N4O4/c1-4-28(5-2)13-14-31-21-12-7-6-9-20(21)16-25-23(29)18-10-8-11-19(15-18)24-27-26-22(32-24)17-30-3/h6-12,15H,4-5,13-14,16-17H2,1-3H3,(H,25,29). The van der Waals surface area contributed by atoms with Crippen LogP contribution in [0, 0.1) is 0 Å². The molecule has 0 aliphatic rings. The summed E-state index contributed by atoms with van der Waals surface area (Å²) in [7, 11) is 1.56. The van der Waals surface area contributed by atoms with Crippen molar-refractivity contribution in [2.24, 2.45) is 0 Å². The van der Waals surface area contributed by atoms with Crippen LogP contribution < -0.4 is 10.1 Å². The number of ether oxygens (including phenoxy) is 2. The zero-order chi connectivity index (χ0) is 22.8. The van der Waals surface area contributed by atoms with Gasteiger partial charge in [0.25, 0.3) is 5.91 Å². The van der Waals surface area contributed by atoms with E-state index in [9.17, 15) is 4.79 Å². The average molecular weight is 439 g/mol. The van der Waals surface area contributed by atoms with Crippen LogP contribution in [-0.2, 0) is 17.9 Å². The molecule has 3 rings (SSSR count). The van der Waals surface area contributed by atoms with E-state index in [1.165, 1.54) is 0 Å². The second-order valence-corrected chi connectivity index (χ2v) is 7.18. The third kappa shape index (κ3) is 6.38. The zero-order valence-electron chi connectivity index (χ0n) is 18.8. The van der Waals surface area contributed by atoms with Gasteiger partial charge in [0.2, 0.25) is 11.8 Å². The van der Waals surface area contributed by atoms with Gasteiger partial charge < -0.3 is 24.1 Å². The summed E-state index contributed by atoms with van der Waals surface area (Å²) in [4.78, 5) is 15.1. The molecule has 0 saturated heterocycles. The summed E-state index contributed by atoms with van der Waals surface area (Å²) in [6.07, 6.45) is 0. The molecule has 1 N–H and O–H groups in total. The summed E-state index contributed by atoms with van der Waals surface area (Å²) < 4.78 is 16.5. The minimum atomic E-state index is -0.193. The molecule has 0 radical (unpaired) electrons. The second-order valence-electron chi connectivity index (χ2n) is 7.18. The lowest BCUT2D eigenvalue weighted by Crippen LogP contribution is -2.28. The van der Waals surface area contributed by atoms with Gasteiger partial charge in [0.15, 0.2) is 0 Å². The molecule has 0 unspecified atom stereocenters. The number of likely N-dealkylation sites (N-methyl/N-ethyl adjacent to an activating group) is 1. The van der Waals surface area contributed by atoms with Crippen molar-refractivity contribution in [3.63, 3.8) is 0 Å². The van der Waals surface area contributed by atoms with Gasteiger partial charge in [-0.15, -0.1) is 10.2 Å². The molecule has 8 nitrogen and oxygen atoms in total. The zero-order valence-corrected chi connectivity index (χ0v) is 18.8. The van der Waals surface area contributed by atoms with Crippen LogP contribution in [0.5, 0.6) is 5.75 Å². The van der Waals surface area contributed by atoms with Crippen molar-refractivity contribution in [2.75, 3.05) is 33.4 Å². The van der Waals surface area contributed by atoms with Gasteiger partial charge in [0.1, 0.15) is 19.0 Å². The number of benzene rings is 2. The number of rotatable bonds is 12. The molecular weight excluding hydrogens is 408 g/mol. The van der Waals surface area contributed by atoms with Gasteiger partial charge in [-0.1, -0.05) is 38.1 Å². The summed E-state index contributed by atoms with van der Waals surface area (Å²) in [6.45, 7) is 8.33. The van der Waals surface area contributed by atoms with Crippen LogP contribution in [0.4, 0.5) is 0 Å². The van der Waals surface area contributed by atoms with Gasteiger partial charge in [0, 0.05) is 36.9 Å². The van der Waals surface area contributed by atoms with E-state index < -0.39 is 0 Å². The van der Waals surface area contributed by atoms with Crippen molar-refractivity contribution in [1.29, 1.82) is 0 Å². The fourth-order valence-corrected chi connectivity index (χ4v) is 3.24. The Morgan fingerprint density at radius 3 is 2.69 bits per heavy atom. The van der Waals surface area contributed by atoms with E-state index in [-0.39, 0.29) is 12.5 Å². The van der Waals surface area contributed by atoms with Crippen LogP contribution in [-0.4, -0.2) is 54.4 Å². The van der Waals surface area contributed by atoms with Crippen molar-refractivity contribution in [2.45, 2.75) is 27.0 Å². The number of para-hydroxylation sites is 1. The highest BCUT2D eigenvalue weighted by Crippen LogP contribution is 2.21. The number of carbonyl (C=O) groups is 1. The molecule has 0 aliphatic carbocycles. The lowest BCUT2D eigenvalue weighted by atomic mass is 10.1. The van der Waals surface area contributed by atoms with Crippen molar-refractivity contribution in [3.05, 3.63) is 65.5 Å². The quantitative estimate of drug-likeness (QED) is 0.463. The molecule has 3 aromatic rings. The summed E-state index contributed by atoms with van der Waals surface area (Å²) in [5.74, 6) is 1.32. The predicted molar refractivity (Wildman–Crippen MR) is 121 cm³/mol. The lowest BCUT2D eigenvalue weighted by molar-refractivity contribution is 0.0950. The van der Waals surface area contributed by atoms with E-state index in [0.29, 0.717) is 36.1 Å². The van der Waals surface area contributed by atoms with Crippen LogP contribution in [0.2, 0.25) is 0 Å². The summed E-state index contributed by atoms with van der Waals surface area (Å²) in [5.41, 5.74) is 2.11. The first-order valence-corrected chi connectivity index (χ1v) is 10.8. The highest BCUT2D eigenvalue weighted by Gasteiger charge is 2.13. The maximum atomic E-state index is 12.8. The van der Waals surface area contributed by atoms with Crippen LogP contribution in [0.3, 0.4) is 0 Å². The van der Waals surface area contributed by atoms with E-state index in [2.05, 4.69) is 34.3 Å². The predicted octanol–water partition coefficient (Wildman–Crippen LogP) is 3.53. The maximum Gasteiger partial charge on any atom is 0.251 e.